The lowest BCUT2D eigenvalue weighted by molar-refractivity contribution is 0.0984. The van der Waals surface area contributed by atoms with Crippen LogP contribution in [0, 0.1) is 0 Å². The Morgan fingerprint density at radius 1 is 1.12 bits per heavy atom. The Morgan fingerprint density at radius 2 is 1.92 bits per heavy atom. The van der Waals surface area contributed by atoms with E-state index in [4.69, 9.17) is 0 Å². The standard InChI is InChI=1S/C21H20N2OS/c1-14(2)23(17-7-5-11-22-13-17)21(24)19-12-16-10-9-15-6-3-4-8-18(15)20(16)25-19/h3-8,11-14H,9-10H2,1-2H3. The van der Waals surface area contributed by atoms with Crippen LogP contribution >= 0.6 is 11.3 Å². The lowest BCUT2D eigenvalue weighted by Crippen LogP contribution is -2.36. The molecule has 0 radical (unpaired) electrons. The van der Waals surface area contributed by atoms with Gasteiger partial charge in [-0.2, -0.15) is 0 Å². The van der Waals surface area contributed by atoms with Gasteiger partial charge in [0.25, 0.3) is 5.91 Å². The summed E-state index contributed by atoms with van der Waals surface area (Å²) < 4.78 is 0. The average Bonchev–Trinajstić information content (AvgIpc) is 3.07. The molecule has 1 aromatic carbocycles. The van der Waals surface area contributed by atoms with Crippen LogP contribution < -0.4 is 4.90 Å². The first-order chi connectivity index (χ1) is 12.1. The fourth-order valence-electron chi connectivity index (χ4n) is 3.44. The Bertz CT molecular complexity index is 915. The Morgan fingerprint density at radius 3 is 2.68 bits per heavy atom. The summed E-state index contributed by atoms with van der Waals surface area (Å²) in [6.45, 7) is 4.07. The summed E-state index contributed by atoms with van der Waals surface area (Å²) in [6, 6.07) is 14.5. The number of fused-ring (bicyclic) bond motifs is 3. The highest BCUT2D eigenvalue weighted by molar-refractivity contribution is 7.17. The average molecular weight is 348 g/mol. The van der Waals surface area contributed by atoms with E-state index in [9.17, 15) is 4.79 Å². The second-order valence-electron chi connectivity index (χ2n) is 6.60. The number of carbonyl (C=O) groups excluding carboxylic acids is 1. The number of hydrogen-bond donors (Lipinski definition) is 0. The molecule has 0 unspecified atom stereocenters. The third-order valence-corrected chi connectivity index (χ3v) is 5.80. The topological polar surface area (TPSA) is 33.2 Å². The fourth-order valence-corrected chi connectivity index (χ4v) is 4.65. The Balaban J connectivity index is 1.74. The first-order valence-electron chi connectivity index (χ1n) is 8.59. The molecule has 2 heterocycles. The van der Waals surface area contributed by atoms with Crippen LogP contribution in [0.4, 0.5) is 5.69 Å². The van der Waals surface area contributed by atoms with Gasteiger partial charge in [-0.1, -0.05) is 24.3 Å². The first kappa shape index (κ1) is 16.0. The number of carbonyl (C=O) groups is 1. The van der Waals surface area contributed by atoms with Gasteiger partial charge in [0.05, 0.1) is 16.8 Å². The van der Waals surface area contributed by atoms with Gasteiger partial charge >= 0.3 is 0 Å². The van der Waals surface area contributed by atoms with Crippen LogP contribution in [0.25, 0.3) is 10.4 Å². The highest BCUT2D eigenvalue weighted by atomic mass is 32.1. The predicted octanol–water partition coefficient (Wildman–Crippen LogP) is 4.96. The molecular formula is C21H20N2OS. The van der Waals surface area contributed by atoms with Crippen molar-refractivity contribution in [1.29, 1.82) is 0 Å². The summed E-state index contributed by atoms with van der Waals surface area (Å²) in [4.78, 5) is 21.3. The smallest absolute Gasteiger partial charge is 0.268 e. The van der Waals surface area contributed by atoms with Gasteiger partial charge in [-0.3, -0.25) is 9.78 Å². The molecule has 3 aromatic rings. The van der Waals surface area contributed by atoms with E-state index < -0.39 is 0 Å². The lowest BCUT2D eigenvalue weighted by atomic mass is 9.91. The van der Waals surface area contributed by atoms with E-state index in [2.05, 4.69) is 35.3 Å². The van der Waals surface area contributed by atoms with Crippen LogP contribution in [0.2, 0.25) is 0 Å². The van der Waals surface area contributed by atoms with Crippen LogP contribution in [0.15, 0.2) is 54.9 Å². The number of rotatable bonds is 3. The van der Waals surface area contributed by atoms with Crippen LogP contribution in [0.1, 0.15) is 34.6 Å². The maximum absolute atomic E-state index is 13.2. The van der Waals surface area contributed by atoms with Gasteiger partial charge in [-0.05, 0) is 61.6 Å². The molecule has 4 heteroatoms. The zero-order valence-electron chi connectivity index (χ0n) is 14.4. The molecule has 0 aliphatic heterocycles. The minimum Gasteiger partial charge on any atom is -0.304 e. The second-order valence-corrected chi connectivity index (χ2v) is 7.65. The highest BCUT2D eigenvalue weighted by Gasteiger charge is 2.26. The first-order valence-corrected chi connectivity index (χ1v) is 9.41. The minimum absolute atomic E-state index is 0.0554. The van der Waals surface area contributed by atoms with E-state index in [0.29, 0.717) is 0 Å². The number of amides is 1. The van der Waals surface area contributed by atoms with Crippen molar-refractivity contribution in [2.45, 2.75) is 32.7 Å². The van der Waals surface area contributed by atoms with Crippen molar-refractivity contribution < 1.29 is 4.79 Å². The van der Waals surface area contributed by atoms with Crippen molar-refractivity contribution in [3.05, 3.63) is 70.9 Å². The van der Waals surface area contributed by atoms with Crippen molar-refractivity contribution in [2.75, 3.05) is 4.90 Å². The Hall–Kier alpha value is -2.46. The number of benzene rings is 1. The number of pyridine rings is 1. The third-order valence-electron chi connectivity index (χ3n) is 4.60. The molecule has 0 bridgehead atoms. The largest absolute Gasteiger partial charge is 0.304 e. The van der Waals surface area contributed by atoms with Gasteiger partial charge in [-0.15, -0.1) is 11.3 Å². The molecule has 3 nitrogen and oxygen atoms in total. The van der Waals surface area contributed by atoms with E-state index in [1.54, 1.807) is 23.7 Å². The molecule has 25 heavy (non-hydrogen) atoms. The summed E-state index contributed by atoms with van der Waals surface area (Å²) >= 11 is 1.61. The molecule has 0 fully saturated rings. The molecule has 1 aliphatic rings. The number of nitrogens with zero attached hydrogens (tertiary/aromatic N) is 2. The molecule has 0 atom stereocenters. The molecule has 1 amide bonds. The molecule has 0 N–H and O–H groups in total. The van der Waals surface area contributed by atoms with Gasteiger partial charge in [0.2, 0.25) is 0 Å². The van der Waals surface area contributed by atoms with Gasteiger partial charge < -0.3 is 4.90 Å². The van der Waals surface area contributed by atoms with Crippen molar-refractivity contribution in [2.24, 2.45) is 0 Å². The van der Waals surface area contributed by atoms with Crippen molar-refractivity contribution in [3.63, 3.8) is 0 Å². The number of thiophene rings is 1. The molecular weight excluding hydrogens is 328 g/mol. The maximum Gasteiger partial charge on any atom is 0.268 e. The van der Waals surface area contributed by atoms with E-state index in [-0.39, 0.29) is 11.9 Å². The zero-order valence-corrected chi connectivity index (χ0v) is 15.2. The highest BCUT2D eigenvalue weighted by Crippen LogP contribution is 2.40. The van der Waals surface area contributed by atoms with Crippen LogP contribution in [-0.4, -0.2) is 16.9 Å². The fraction of sp³-hybridized carbons (Fsp3) is 0.238. The molecule has 0 spiro atoms. The molecule has 0 saturated heterocycles. The maximum atomic E-state index is 13.2. The summed E-state index contributed by atoms with van der Waals surface area (Å²) in [5, 5.41) is 0. The van der Waals surface area contributed by atoms with Gasteiger partial charge in [0, 0.05) is 17.1 Å². The number of hydrogen-bond acceptors (Lipinski definition) is 3. The van der Waals surface area contributed by atoms with Gasteiger partial charge in [0.15, 0.2) is 0 Å². The summed E-state index contributed by atoms with van der Waals surface area (Å²) in [6.07, 6.45) is 5.53. The SMILES string of the molecule is CC(C)N(C(=O)c1cc2c(s1)-c1ccccc1CC2)c1cccnc1. The lowest BCUT2D eigenvalue weighted by Gasteiger charge is -2.25. The monoisotopic (exact) mass is 348 g/mol. The van der Waals surface area contributed by atoms with Crippen LogP contribution in [0.5, 0.6) is 0 Å². The normalized spacial score (nSPS) is 12.6. The summed E-state index contributed by atoms with van der Waals surface area (Å²) in [5.74, 6) is 0.0554. The van der Waals surface area contributed by atoms with Crippen LogP contribution in [-0.2, 0) is 12.8 Å². The van der Waals surface area contributed by atoms with Gasteiger partial charge in [-0.25, -0.2) is 0 Å². The van der Waals surface area contributed by atoms with E-state index in [1.807, 2.05) is 30.9 Å². The Kier molecular flexibility index (Phi) is 4.14. The van der Waals surface area contributed by atoms with Gasteiger partial charge in [0.1, 0.15) is 0 Å². The summed E-state index contributed by atoms with van der Waals surface area (Å²) in [5.41, 5.74) is 4.80. The van der Waals surface area contributed by atoms with E-state index in [0.717, 1.165) is 23.4 Å². The van der Waals surface area contributed by atoms with E-state index in [1.165, 1.54) is 21.6 Å². The molecule has 4 rings (SSSR count). The zero-order chi connectivity index (χ0) is 17.4. The van der Waals surface area contributed by atoms with Crippen molar-refractivity contribution in [3.8, 4) is 10.4 Å². The van der Waals surface area contributed by atoms with Crippen molar-refractivity contribution >= 4 is 22.9 Å². The predicted molar refractivity (Wildman–Crippen MR) is 103 cm³/mol. The molecule has 2 aromatic heterocycles. The number of anilines is 1. The number of aromatic nitrogens is 1. The molecule has 1 aliphatic carbocycles. The van der Waals surface area contributed by atoms with E-state index >= 15 is 0 Å². The van der Waals surface area contributed by atoms with Crippen molar-refractivity contribution in [1.82, 2.24) is 4.98 Å². The number of aryl methyl sites for hydroxylation is 2. The Labute approximate surface area is 152 Å². The second kappa shape index (κ2) is 6.45. The quantitative estimate of drug-likeness (QED) is 0.670. The molecule has 0 saturated carbocycles. The molecule has 126 valence electrons. The van der Waals surface area contributed by atoms with Crippen LogP contribution in [0.3, 0.4) is 0 Å². The minimum atomic E-state index is 0.0554. The summed E-state index contributed by atoms with van der Waals surface area (Å²) in [7, 11) is 0. The third kappa shape index (κ3) is 2.87.